The van der Waals surface area contributed by atoms with Gasteiger partial charge in [-0.25, -0.2) is 0 Å². The van der Waals surface area contributed by atoms with Crippen LogP contribution in [0, 0.1) is 0 Å². The summed E-state index contributed by atoms with van der Waals surface area (Å²) in [5.41, 5.74) is 1.20. The molecule has 94 valence electrons. The summed E-state index contributed by atoms with van der Waals surface area (Å²) >= 11 is 0. The van der Waals surface area contributed by atoms with E-state index >= 15 is 0 Å². The monoisotopic (exact) mass is 234 g/mol. The van der Waals surface area contributed by atoms with Crippen LogP contribution >= 0.6 is 0 Å². The third-order valence-corrected chi connectivity index (χ3v) is 3.03. The van der Waals surface area contributed by atoms with E-state index in [-0.39, 0.29) is 0 Å². The number of hydrogen-bond donors (Lipinski definition) is 1. The molecule has 0 saturated carbocycles. The Kier molecular flexibility index (Phi) is 4.40. The number of para-hydroxylation sites is 1. The van der Waals surface area contributed by atoms with Crippen molar-refractivity contribution in [1.29, 1.82) is 0 Å². The summed E-state index contributed by atoms with van der Waals surface area (Å²) < 4.78 is 5.72. The molecule has 1 heterocycles. The topological polar surface area (TPSA) is 24.5 Å². The van der Waals surface area contributed by atoms with E-state index in [0.29, 0.717) is 12.2 Å². The molecule has 1 fully saturated rings. The van der Waals surface area contributed by atoms with Gasteiger partial charge in [-0.3, -0.25) is 4.90 Å². The lowest BCUT2D eigenvalue weighted by Gasteiger charge is -2.35. The normalized spacial score (nSPS) is 25.8. The van der Waals surface area contributed by atoms with Crippen LogP contribution in [0.15, 0.2) is 30.3 Å². The first kappa shape index (κ1) is 12.4. The largest absolute Gasteiger partial charge is 0.384 e. The standard InChI is InChI=1S/C14H22N2O/c1-12-10-16(11-13(2)17-12)9-8-15-14-6-4-3-5-7-14/h3-7,12-13,15H,8-11H2,1-2H3. The minimum Gasteiger partial charge on any atom is -0.384 e. The van der Waals surface area contributed by atoms with Crippen LogP contribution in [0.1, 0.15) is 13.8 Å². The first-order valence-electron chi connectivity index (χ1n) is 6.41. The Morgan fingerprint density at radius 3 is 2.47 bits per heavy atom. The van der Waals surface area contributed by atoms with Gasteiger partial charge in [-0.1, -0.05) is 18.2 Å². The first-order valence-corrected chi connectivity index (χ1v) is 6.41. The van der Waals surface area contributed by atoms with Gasteiger partial charge in [0.2, 0.25) is 0 Å². The number of nitrogens with zero attached hydrogens (tertiary/aromatic N) is 1. The number of benzene rings is 1. The molecule has 0 bridgehead atoms. The van der Waals surface area contributed by atoms with Crippen LogP contribution in [-0.4, -0.2) is 43.3 Å². The van der Waals surface area contributed by atoms with Crippen LogP contribution in [0.25, 0.3) is 0 Å². The molecule has 1 aliphatic heterocycles. The number of rotatable bonds is 4. The lowest BCUT2D eigenvalue weighted by molar-refractivity contribution is -0.0667. The highest BCUT2D eigenvalue weighted by molar-refractivity contribution is 5.42. The summed E-state index contributed by atoms with van der Waals surface area (Å²) in [4.78, 5) is 2.47. The molecule has 0 amide bonds. The molecule has 3 nitrogen and oxygen atoms in total. The minimum absolute atomic E-state index is 0.357. The first-order chi connectivity index (χ1) is 8.24. The van der Waals surface area contributed by atoms with E-state index in [1.54, 1.807) is 0 Å². The molecular formula is C14H22N2O. The molecule has 1 aromatic rings. The predicted octanol–water partition coefficient (Wildman–Crippen LogP) is 2.21. The molecule has 1 saturated heterocycles. The molecule has 0 radical (unpaired) electrons. The maximum absolute atomic E-state index is 5.72. The zero-order valence-electron chi connectivity index (χ0n) is 10.7. The van der Waals surface area contributed by atoms with Crippen molar-refractivity contribution in [2.45, 2.75) is 26.1 Å². The second-order valence-corrected chi connectivity index (χ2v) is 4.81. The molecule has 1 aromatic carbocycles. The summed E-state index contributed by atoms with van der Waals surface area (Å²) in [6.45, 7) is 8.44. The van der Waals surface area contributed by atoms with Gasteiger partial charge >= 0.3 is 0 Å². The molecule has 0 aliphatic carbocycles. The van der Waals surface area contributed by atoms with Gasteiger partial charge in [-0.2, -0.15) is 0 Å². The van der Waals surface area contributed by atoms with Crippen molar-refractivity contribution >= 4 is 5.69 Å². The Balaban J connectivity index is 1.71. The summed E-state index contributed by atoms with van der Waals surface area (Å²) in [6.07, 6.45) is 0.714. The number of morpholine rings is 1. The average molecular weight is 234 g/mol. The van der Waals surface area contributed by atoms with Gasteiger partial charge in [-0.05, 0) is 26.0 Å². The summed E-state index contributed by atoms with van der Waals surface area (Å²) in [5, 5.41) is 3.44. The third kappa shape index (κ3) is 4.02. The summed E-state index contributed by atoms with van der Waals surface area (Å²) in [6, 6.07) is 10.4. The van der Waals surface area contributed by atoms with Crippen molar-refractivity contribution in [3.05, 3.63) is 30.3 Å². The molecule has 2 unspecified atom stereocenters. The lowest BCUT2D eigenvalue weighted by atomic mass is 10.2. The number of anilines is 1. The van der Waals surface area contributed by atoms with Crippen LogP contribution < -0.4 is 5.32 Å². The van der Waals surface area contributed by atoms with Gasteiger partial charge in [0.05, 0.1) is 12.2 Å². The second kappa shape index (κ2) is 6.03. The third-order valence-electron chi connectivity index (χ3n) is 3.03. The smallest absolute Gasteiger partial charge is 0.0678 e. The van der Waals surface area contributed by atoms with Crippen LogP contribution in [0.5, 0.6) is 0 Å². The van der Waals surface area contributed by atoms with E-state index < -0.39 is 0 Å². The minimum atomic E-state index is 0.357. The van der Waals surface area contributed by atoms with Gasteiger partial charge in [0.1, 0.15) is 0 Å². The summed E-state index contributed by atoms with van der Waals surface area (Å²) in [5.74, 6) is 0. The molecule has 0 spiro atoms. The van der Waals surface area contributed by atoms with E-state index in [9.17, 15) is 0 Å². The Bertz CT molecular complexity index is 318. The Hall–Kier alpha value is -1.06. The van der Waals surface area contributed by atoms with E-state index in [2.05, 4.69) is 48.3 Å². The van der Waals surface area contributed by atoms with Crippen LogP contribution in [0.3, 0.4) is 0 Å². The van der Waals surface area contributed by atoms with Gasteiger partial charge < -0.3 is 10.1 Å². The number of hydrogen-bond acceptors (Lipinski definition) is 3. The fourth-order valence-electron chi connectivity index (χ4n) is 2.38. The molecule has 0 aromatic heterocycles. The quantitative estimate of drug-likeness (QED) is 0.864. The maximum Gasteiger partial charge on any atom is 0.0678 e. The van der Waals surface area contributed by atoms with E-state index in [1.807, 2.05) is 6.07 Å². The van der Waals surface area contributed by atoms with Gasteiger partial charge in [-0.15, -0.1) is 0 Å². The number of nitrogens with one attached hydrogen (secondary N) is 1. The van der Waals surface area contributed by atoms with Gasteiger partial charge in [0.25, 0.3) is 0 Å². The molecular weight excluding hydrogens is 212 g/mol. The maximum atomic E-state index is 5.72. The zero-order valence-corrected chi connectivity index (χ0v) is 10.7. The highest BCUT2D eigenvalue weighted by Gasteiger charge is 2.21. The average Bonchev–Trinajstić information content (AvgIpc) is 2.29. The van der Waals surface area contributed by atoms with Crippen molar-refractivity contribution in [2.75, 3.05) is 31.5 Å². The van der Waals surface area contributed by atoms with Crippen molar-refractivity contribution in [3.8, 4) is 0 Å². The number of ether oxygens (including phenoxy) is 1. The SMILES string of the molecule is CC1CN(CCNc2ccccc2)CC(C)O1. The zero-order chi connectivity index (χ0) is 12.1. The van der Waals surface area contributed by atoms with Crippen LogP contribution in [0.4, 0.5) is 5.69 Å². The predicted molar refractivity (Wildman–Crippen MR) is 71.4 cm³/mol. The fourth-order valence-corrected chi connectivity index (χ4v) is 2.38. The summed E-state index contributed by atoms with van der Waals surface area (Å²) in [7, 11) is 0. The van der Waals surface area contributed by atoms with Gasteiger partial charge in [0, 0.05) is 31.9 Å². The Labute approximate surface area is 104 Å². The van der Waals surface area contributed by atoms with Crippen molar-refractivity contribution < 1.29 is 4.74 Å². The highest BCUT2D eigenvalue weighted by Crippen LogP contribution is 2.10. The fraction of sp³-hybridized carbons (Fsp3) is 0.571. The molecule has 17 heavy (non-hydrogen) atoms. The van der Waals surface area contributed by atoms with Crippen LogP contribution in [-0.2, 0) is 4.74 Å². The van der Waals surface area contributed by atoms with Crippen LogP contribution in [0.2, 0.25) is 0 Å². The highest BCUT2D eigenvalue weighted by atomic mass is 16.5. The molecule has 2 atom stereocenters. The lowest BCUT2D eigenvalue weighted by Crippen LogP contribution is -2.46. The van der Waals surface area contributed by atoms with E-state index in [4.69, 9.17) is 4.74 Å². The van der Waals surface area contributed by atoms with E-state index in [1.165, 1.54) is 5.69 Å². The molecule has 1 aliphatic rings. The molecule has 1 N–H and O–H groups in total. The Morgan fingerprint density at radius 1 is 1.18 bits per heavy atom. The second-order valence-electron chi connectivity index (χ2n) is 4.81. The molecule has 2 rings (SSSR count). The molecule has 3 heteroatoms. The van der Waals surface area contributed by atoms with Crippen molar-refractivity contribution in [3.63, 3.8) is 0 Å². The van der Waals surface area contributed by atoms with Crippen molar-refractivity contribution in [1.82, 2.24) is 4.90 Å². The van der Waals surface area contributed by atoms with Gasteiger partial charge in [0.15, 0.2) is 0 Å². The van der Waals surface area contributed by atoms with Crippen molar-refractivity contribution in [2.24, 2.45) is 0 Å². The van der Waals surface area contributed by atoms with E-state index in [0.717, 1.165) is 26.2 Å². The Morgan fingerprint density at radius 2 is 1.82 bits per heavy atom.